The molecule has 3 N–H and O–H groups in total. The van der Waals surface area contributed by atoms with Gasteiger partial charge in [-0.1, -0.05) is 18.2 Å². The van der Waals surface area contributed by atoms with Crippen molar-refractivity contribution in [3.05, 3.63) is 34.5 Å². The number of amides is 2. The third-order valence-corrected chi connectivity index (χ3v) is 4.00. The standard InChI is InChI=1S/C13H14N2O4S/c16-11(8-4-1-2-5-9(8)13(18)19)14-15-12(17)10-6-3-7-20-10/h1-3,6-9H,4-5H2,(H,14,16)(H,15,17)(H,18,19)/t8-,9-/m0/s1. The number of hydrogen-bond donors (Lipinski definition) is 3. The molecule has 106 valence electrons. The number of allylic oxidation sites excluding steroid dienone is 2. The quantitative estimate of drug-likeness (QED) is 0.576. The first-order chi connectivity index (χ1) is 9.59. The highest BCUT2D eigenvalue weighted by molar-refractivity contribution is 7.12. The normalized spacial score (nSPS) is 21.2. The first-order valence-electron chi connectivity index (χ1n) is 6.11. The lowest BCUT2D eigenvalue weighted by Gasteiger charge is -2.24. The van der Waals surface area contributed by atoms with E-state index in [0.717, 1.165) is 0 Å². The highest BCUT2D eigenvalue weighted by atomic mass is 32.1. The van der Waals surface area contributed by atoms with Crippen LogP contribution in [0.2, 0.25) is 0 Å². The molecule has 0 fully saturated rings. The smallest absolute Gasteiger partial charge is 0.307 e. The van der Waals surface area contributed by atoms with Crippen LogP contribution >= 0.6 is 11.3 Å². The Labute approximate surface area is 119 Å². The van der Waals surface area contributed by atoms with E-state index in [0.29, 0.717) is 17.7 Å². The molecule has 1 heterocycles. The van der Waals surface area contributed by atoms with Crippen LogP contribution in [-0.4, -0.2) is 22.9 Å². The van der Waals surface area contributed by atoms with E-state index in [4.69, 9.17) is 5.11 Å². The summed E-state index contributed by atoms with van der Waals surface area (Å²) in [5, 5.41) is 10.8. The fraction of sp³-hybridized carbons (Fsp3) is 0.308. The number of rotatable bonds is 3. The van der Waals surface area contributed by atoms with Crippen LogP contribution in [0.3, 0.4) is 0 Å². The van der Waals surface area contributed by atoms with E-state index in [1.807, 2.05) is 0 Å². The van der Waals surface area contributed by atoms with Crippen molar-refractivity contribution in [1.82, 2.24) is 10.9 Å². The number of carbonyl (C=O) groups is 3. The Kier molecular flexibility index (Phi) is 4.52. The zero-order valence-corrected chi connectivity index (χ0v) is 11.4. The van der Waals surface area contributed by atoms with Crippen molar-refractivity contribution in [2.24, 2.45) is 11.8 Å². The zero-order valence-electron chi connectivity index (χ0n) is 10.5. The van der Waals surface area contributed by atoms with E-state index in [1.165, 1.54) is 11.3 Å². The van der Waals surface area contributed by atoms with Crippen molar-refractivity contribution in [2.75, 3.05) is 0 Å². The Morgan fingerprint density at radius 2 is 1.85 bits per heavy atom. The minimum atomic E-state index is -1.00. The van der Waals surface area contributed by atoms with Crippen LogP contribution in [-0.2, 0) is 9.59 Å². The predicted octanol–water partition coefficient (Wildman–Crippen LogP) is 1.18. The molecule has 0 bridgehead atoms. The molecule has 1 aliphatic carbocycles. The van der Waals surface area contributed by atoms with Crippen LogP contribution < -0.4 is 10.9 Å². The van der Waals surface area contributed by atoms with Crippen molar-refractivity contribution in [3.63, 3.8) is 0 Å². The first-order valence-corrected chi connectivity index (χ1v) is 6.99. The van der Waals surface area contributed by atoms with Crippen LogP contribution in [0, 0.1) is 11.8 Å². The van der Waals surface area contributed by atoms with Crippen LogP contribution in [0.1, 0.15) is 22.5 Å². The van der Waals surface area contributed by atoms with Crippen LogP contribution in [0.15, 0.2) is 29.7 Å². The second kappa shape index (κ2) is 6.33. The molecule has 7 heteroatoms. The second-order valence-corrected chi connectivity index (χ2v) is 5.36. The number of hydrogen-bond acceptors (Lipinski definition) is 4. The lowest BCUT2D eigenvalue weighted by atomic mass is 9.82. The molecule has 6 nitrogen and oxygen atoms in total. The molecular weight excluding hydrogens is 280 g/mol. The van der Waals surface area contributed by atoms with E-state index >= 15 is 0 Å². The Balaban J connectivity index is 1.92. The van der Waals surface area contributed by atoms with Gasteiger partial charge in [0.1, 0.15) is 0 Å². The average molecular weight is 294 g/mol. The summed E-state index contributed by atoms with van der Waals surface area (Å²) in [4.78, 5) is 35.2. The minimum absolute atomic E-state index is 0.326. The summed E-state index contributed by atoms with van der Waals surface area (Å²) >= 11 is 1.26. The van der Waals surface area contributed by atoms with Crippen molar-refractivity contribution in [3.8, 4) is 0 Å². The van der Waals surface area contributed by atoms with Gasteiger partial charge in [0.25, 0.3) is 5.91 Å². The van der Waals surface area contributed by atoms with Gasteiger partial charge >= 0.3 is 5.97 Å². The topological polar surface area (TPSA) is 95.5 Å². The fourth-order valence-corrected chi connectivity index (χ4v) is 2.68. The molecular formula is C13H14N2O4S. The van der Waals surface area contributed by atoms with Crippen LogP contribution in [0.4, 0.5) is 0 Å². The molecule has 0 aliphatic heterocycles. The van der Waals surface area contributed by atoms with E-state index in [1.54, 1.807) is 29.7 Å². The van der Waals surface area contributed by atoms with Crippen LogP contribution in [0.25, 0.3) is 0 Å². The van der Waals surface area contributed by atoms with E-state index in [-0.39, 0.29) is 0 Å². The van der Waals surface area contributed by atoms with E-state index < -0.39 is 29.6 Å². The van der Waals surface area contributed by atoms with Gasteiger partial charge in [-0.3, -0.25) is 25.2 Å². The average Bonchev–Trinajstić information content (AvgIpc) is 2.98. The van der Waals surface area contributed by atoms with Crippen molar-refractivity contribution >= 4 is 29.1 Å². The molecule has 1 aromatic rings. The molecule has 0 saturated carbocycles. The summed E-state index contributed by atoms with van der Waals surface area (Å²) in [5.74, 6) is -3.31. The third-order valence-electron chi connectivity index (χ3n) is 3.13. The summed E-state index contributed by atoms with van der Waals surface area (Å²) < 4.78 is 0. The number of carboxylic acid groups (broad SMARTS) is 1. The van der Waals surface area contributed by atoms with Gasteiger partial charge in [0.15, 0.2) is 0 Å². The van der Waals surface area contributed by atoms with Gasteiger partial charge in [0.05, 0.1) is 16.7 Å². The molecule has 2 atom stereocenters. The molecule has 2 rings (SSSR count). The van der Waals surface area contributed by atoms with Gasteiger partial charge < -0.3 is 5.11 Å². The number of carbonyl (C=O) groups excluding carboxylic acids is 2. The summed E-state index contributed by atoms with van der Waals surface area (Å²) in [6.45, 7) is 0. The lowest BCUT2D eigenvalue weighted by Crippen LogP contribution is -2.47. The van der Waals surface area contributed by atoms with Gasteiger partial charge in [-0.05, 0) is 24.3 Å². The van der Waals surface area contributed by atoms with E-state index in [9.17, 15) is 14.4 Å². The van der Waals surface area contributed by atoms with Gasteiger partial charge in [-0.2, -0.15) is 0 Å². The third kappa shape index (κ3) is 3.24. The molecule has 20 heavy (non-hydrogen) atoms. The number of hydrazine groups is 1. The first kappa shape index (κ1) is 14.3. The molecule has 0 spiro atoms. The summed E-state index contributed by atoms with van der Waals surface area (Å²) in [7, 11) is 0. The maximum Gasteiger partial charge on any atom is 0.307 e. The monoisotopic (exact) mass is 294 g/mol. The molecule has 2 amide bonds. The maximum atomic E-state index is 12.0. The van der Waals surface area contributed by atoms with Gasteiger partial charge in [-0.15, -0.1) is 11.3 Å². The van der Waals surface area contributed by atoms with Crippen molar-refractivity contribution in [1.29, 1.82) is 0 Å². The second-order valence-electron chi connectivity index (χ2n) is 4.41. The highest BCUT2D eigenvalue weighted by Crippen LogP contribution is 2.25. The molecule has 1 aromatic heterocycles. The number of carboxylic acids is 1. The molecule has 0 aromatic carbocycles. The summed E-state index contributed by atoms with van der Waals surface area (Å²) in [6, 6.07) is 3.36. The Hall–Kier alpha value is -2.15. The Morgan fingerprint density at radius 1 is 1.15 bits per heavy atom. The Bertz CT molecular complexity index is 539. The van der Waals surface area contributed by atoms with Crippen molar-refractivity contribution in [2.45, 2.75) is 12.8 Å². The Morgan fingerprint density at radius 3 is 2.45 bits per heavy atom. The molecule has 0 radical (unpaired) electrons. The summed E-state index contributed by atoms with van der Waals surface area (Å²) in [5.41, 5.74) is 4.59. The lowest BCUT2D eigenvalue weighted by molar-refractivity contribution is -0.147. The van der Waals surface area contributed by atoms with Gasteiger partial charge in [0, 0.05) is 0 Å². The number of aliphatic carboxylic acids is 1. The van der Waals surface area contributed by atoms with Crippen molar-refractivity contribution < 1.29 is 19.5 Å². The number of nitrogens with one attached hydrogen (secondary N) is 2. The SMILES string of the molecule is O=C(NNC(=O)[C@H]1CC=CC[C@@H]1C(=O)O)c1cccs1. The molecule has 0 saturated heterocycles. The predicted molar refractivity (Wildman–Crippen MR) is 72.9 cm³/mol. The van der Waals surface area contributed by atoms with Crippen LogP contribution in [0.5, 0.6) is 0 Å². The number of thiophene rings is 1. The molecule has 0 unspecified atom stereocenters. The maximum absolute atomic E-state index is 12.0. The summed E-state index contributed by atoms with van der Waals surface area (Å²) in [6.07, 6.45) is 4.22. The van der Waals surface area contributed by atoms with Gasteiger partial charge in [-0.25, -0.2) is 0 Å². The fourth-order valence-electron chi connectivity index (χ4n) is 2.06. The largest absolute Gasteiger partial charge is 0.481 e. The minimum Gasteiger partial charge on any atom is -0.481 e. The van der Waals surface area contributed by atoms with Gasteiger partial charge in [0.2, 0.25) is 5.91 Å². The molecule has 1 aliphatic rings. The highest BCUT2D eigenvalue weighted by Gasteiger charge is 2.34. The zero-order chi connectivity index (χ0) is 14.5. The van der Waals surface area contributed by atoms with E-state index in [2.05, 4.69) is 10.9 Å².